The molecule has 1 aliphatic rings. The van der Waals surface area contributed by atoms with Crippen molar-refractivity contribution in [3.8, 4) is 0 Å². The van der Waals surface area contributed by atoms with E-state index < -0.39 is 5.97 Å². The van der Waals surface area contributed by atoms with Gasteiger partial charge in [0.05, 0.1) is 12.6 Å². The number of carboxylic acid groups (broad SMARTS) is 1. The van der Waals surface area contributed by atoms with Crippen molar-refractivity contribution in [3.05, 3.63) is 18.0 Å². The van der Waals surface area contributed by atoms with Crippen molar-refractivity contribution in [3.63, 3.8) is 0 Å². The molecule has 19 heavy (non-hydrogen) atoms. The number of carboxylic acids is 1. The molecule has 0 bridgehead atoms. The van der Waals surface area contributed by atoms with E-state index in [4.69, 9.17) is 5.11 Å². The molecule has 1 atom stereocenters. The minimum Gasteiger partial charge on any atom is -0.481 e. The summed E-state index contributed by atoms with van der Waals surface area (Å²) in [6.45, 7) is 6.01. The van der Waals surface area contributed by atoms with E-state index in [0.29, 0.717) is 6.04 Å². The van der Waals surface area contributed by atoms with Gasteiger partial charge in [0.25, 0.3) is 0 Å². The highest BCUT2D eigenvalue weighted by Crippen LogP contribution is 2.22. The maximum atomic E-state index is 10.9. The van der Waals surface area contributed by atoms with Gasteiger partial charge in [-0.25, -0.2) is 0 Å². The lowest BCUT2D eigenvalue weighted by atomic mass is 9.99. The molecule has 1 unspecified atom stereocenters. The SMILES string of the molecule is CC(C)n1cc(CN2CCCCC2CC(=O)O)cn1. The van der Waals surface area contributed by atoms with Gasteiger partial charge in [-0.15, -0.1) is 0 Å². The Labute approximate surface area is 114 Å². The first-order valence-corrected chi connectivity index (χ1v) is 7.05. The molecule has 1 aromatic rings. The molecular weight excluding hydrogens is 242 g/mol. The van der Waals surface area contributed by atoms with E-state index in [9.17, 15) is 4.79 Å². The molecule has 5 heteroatoms. The molecule has 1 aromatic heterocycles. The van der Waals surface area contributed by atoms with Crippen LogP contribution < -0.4 is 0 Å². The van der Waals surface area contributed by atoms with Crippen molar-refractivity contribution >= 4 is 5.97 Å². The van der Waals surface area contributed by atoms with Gasteiger partial charge in [-0.3, -0.25) is 14.4 Å². The number of likely N-dealkylation sites (tertiary alicyclic amines) is 1. The second kappa shape index (κ2) is 6.19. The molecule has 0 spiro atoms. The van der Waals surface area contributed by atoms with Crippen LogP contribution in [-0.4, -0.2) is 38.3 Å². The first-order chi connectivity index (χ1) is 9.06. The monoisotopic (exact) mass is 265 g/mol. The van der Waals surface area contributed by atoms with E-state index in [1.807, 2.05) is 10.9 Å². The molecule has 106 valence electrons. The number of hydrogen-bond donors (Lipinski definition) is 1. The van der Waals surface area contributed by atoms with Crippen LogP contribution in [0.5, 0.6) is 0 Å². The minimum absolute atomic E-state index is 0.175. The molecule has 5 nitrogen and oxygen atoms in total. The Balaban J connectivity index is 1.99. The minimum atomic E-state index is -0.699. The summed E-state index contributed by atoms with van der Waals surface area (Å²) in [5, 5.41) is 13.3. The molecule has 0 aliphatic carbocycles. The lowest BCUT2D eigenvalue weighted by Crippen LogP contribution is -2.40. The second-order valence-electron chi connectivity index (χ2n) is 5.64. The summed E-state index contributed by atoms with van der Waals surface area (Å²) in [6.07, 6.45) is 7.50. The Morgan fingerprint density at radius 2 is 2.32 bits per heavy atom. The topological polar surface area (TPSA) is 58.4 Å². The van der Waals surface area contributed by atoms with Gasteiger partial charge in [0.1, 0.15) is 0 Å². The van der Waals surface area contributed by atoms with E-state index in [0.717, 1.165) is 32.4 Å². The highest BCUT2D eigenvalue weighted by atomic mass is 16.4. The van der Waals surface area contributed by atoms with Crippen LogP contribution in [0.4, 0.5) is 0 Å². The maximum absolute atomic E-state index is 10.9. The van der Waals surface area contributed by atoms with Gasteiger partial charge in [0.2, 0.25) is 0 Å². The number of aliphatic carboxylic acids is 1. The normalized spacial score (nSPS) is 20.9. The van der Waals surface area contributed by atoms with Gasteiger partial charge in [0, 0.05) is 30.4 Å². The van der Waals surface area contributed by atoms with Gasteiger partial charge in [-0.2, -0.15) is 5.10 Å². The summed E-state index contributed by atoms with van der Waals surface area (Å²) in [5.41, 5.74) is 1.17. The number of piperidine rings is 1. The zero-order valence-electron chi connectivity index (χ0n) is 11.7. The van der Waals surface area contributed by atoms with Crippen molar-refractivity contribution < 1.29 is 9.90 Å². The van der Waals surface area contributed by atoms with Crippen LogP contribution in [0.15, 0.2) is 12.4 Å². The molecule has 1 aliphatic heterocycles. The molecule has 2 heterocycles. The lowest BCUT2D eigenvalue weighted by Gasteiger charge is -2.34. The van der Waals surface area contributed by atoms with E-state index in [1.54, 1.807) is 0 Å². The molecule has 1 fully saturated rings. The van der Waals surface area contributed by atoms with Gasteiger partial charge < -0.3 is 5.11 Å². The standard InChI is InChI=1S/C14H23N3O2/c1-11(2)17-10-12(8-15-17)9-16-6-4-3-5-13(16)7-14(18)19/h8,10-11,13H,3-7,9H2,1-2H3,(H,18,19). The predicted molar refractivity (Wildman–Crippen MR) is 72.9 cm³/mol. The van der Waals surface area contributed by atoms with Gasteiger partial charge >= 0.3 is 5.97 Å². The third-order valence-electron chi connectivity index (χ3n) is 3.73. The van der Waals surface area contributed by atoms with Crippen LogP contribution in [0.2, 0.25) is 0 Å². The van der Waals surface area contributed by atoms with Gasteiger partial charge in [-0.05, 0) is 33.2 Å². The average Bonchev–Trinajstić information content (AvgIpc) is 2.80. The number of aromatic nitrogens is 2. The highest BCUT2D eigenvalue weighted by molar-refractivity contribution is 5.67. The van der Waals surface area contributed by atoms with E-state index in [1.165, 1.54) is 5.56 Å². The van der Waals surface area contributed by atoms with Crippen LogP contribution in [-0.2, 0) is 11.3 Å². The Morgan fingerprint density at radius 1 is 1.53 bits per heavy atom. The van der Waals surface area contributed by atoms with Crippen molar-refractivity contribution in [2.45, 2.75) is 58.2 Å². The molecule has 1 N–H and O–H groups in total. The van der Waals surface area contributed by atoms with Gasteiger partial charge in [0.15, 0.2) is 0 Å². The molecule has 0 aromatic carbocycles. The number of hydrogen-bond acceptors (Lipinski definition) is 3. The van der Waals surface area contributed by atoms with Crippen molar-refractivity contribution in [2.75, 3.05) is 6.54 Å². The Hall–Kier alpha value is -1.36. The zero-order chi connectivity index (χ0) is 13.8. The summed E-state index contributed by atoms with van der Waals surface area (Å²) in [7, 11) is 0. The Kier molecular flexibility index (Phi) is 4.58. The number of carbonyl (C=O) groups is 1. The second-order valence-corrected chi connectivity index (χ2v) is 5.64. The molecule has 1 saturated heterocycles. The van der Waals surface area contributed by atoms with E-state index in [-0.39, 0.29) is 12.5 Å². The molecule has 0 saturated carbocycles. The first-order valence-electron chi connectivity index (χ1n) is 7.05. The Bertz CT molecular complexity index is 428. The Morgan fingerprint density at radius 3 is 2.95 bits per heavy atom. The number of rotatable bonds is 5. The quantitative estimate of drug-likeness (QED) is 0.887. The highest BCUT2D eigenvalue weighted by Gasteiger charge is 2.24. The van der Waals surface area contributed by atoms with Gasteiger partial charge in [-0.1, -0.05) is 6.42 Å². The molecule has 2 rings (SSSR count). The molecular formula is C14H23N3O2. The summed E-state index contributed by atoms with van der Waals surface area (Å²) in [6, 6.07) is 0.540. The summed E-state index contributed by atoms with van der Waals surface area (Å²) < 4.78 is 1.95. The average molecular weight is 265 g/mol. The first kappa shape index (κ1) is 14.1. The van der Waals surface area contributed by atoms with Crippen LogP contribution >= 0.6 is 0 Å². The van der Waals surface area contributed by atoms with Crippen LogP contribution in [0.1, 0.15) is 51.1 Å². The van der Waals surface area contributed by atoms with E-state index >= 15 is 0 Å². The van der Waals surface area contributed by atoms with Crippen LogP contribution in [0, 0.1) is 0 Å². The summed E-state index contributed by atoms with van der Waals surface area (Å²) >= 11 is 0. The molecule has 0 radical (unpaired) electrons. The summed E-state index contributed by atoms with van der Waals surface area (Å²) in [5.74, 6) is -0.699. The third kappa shape index (κ3) is 3.80. The lowest BCUT2D eigenvalue weighted by molar-refractivity contribution is -0.138. The predicted octanol–water partition coefficient (Wildman–Crippen LogP) is 2.29. The van der Waals surface area contributed by atoms with E-state index in [2.05, 4.69) is 30.0 Å². The zero-order valence-corrected chi connectivity index (χ0v) is 11.7. The van der Waals surface area contributed by atoms with Crippen LogP contribution in [0.25, 0.3) is 0 Å². The fraction of sp³-hybridized carbons (Fsp3) is 0.714. The van der Waals surface area contributed by atoms with Crippen molar-refractivity contribution in [1.29, 1.82) is 0 Å². The maximum Gasteiger partial charge on any atom is 0.304 e. The molecule has 0 amide bonds. The van der Waals surface area contributed by atoms with Crippen molar-refractivity contribution in [1.82, 2.24) is 14.7 Å². The summed E-state index contributed by atoms with van der Waals surface area (Å²) in [4.78, 5) is 13.2. The smallest absolute Gasteiger partial charge is 0.304 e. The van der Waals surface area contributed by atoms with Crippen LogP contribution in [0.3, 0.4) is 0 Å². The number of nitrogens with zero attached hydrogens (tertiary/aromatic N) is 3. The fourth-order valence-electron chi connectivity index (χ4n) is 2.68. The van der Waals surface area contributed by atoms with Crippen molar-refractivity contribution in [2.24, 2.45) is 0 Å². The largest absolute Gasteiger partial charge is 0.481 e. The fourth-order valence-corrected chi connectivity index (χ4v) is 2.68. The third-order valence-corrected chi connectivity index (χ3v) is 3.73.